The minimum Gasteiger partial charge on any atom is -0.493 e. The number of aliphatic hydroxyl groups excluding tert-OH is 2. The predicted octanol–water partition coefficient (Wildman–Crippen LogP) is 0.616. The van der Waals surface area contributed by atoms with Crippen LogP contribution in [0.3, 0.4) is 0 Å². The van der Waals surface area contributed by atoms with Gasteiger partial charge in [-0.25, -0.2) is 0 Å². The zero-order chi connectivity index (χ0) is 29.9. The quantitative estimate of drug-likeness (QED) is 0.0649. The largest absolute Gasteiger partial charge is 0.493 e. The molecular weight excluding hydrogens is 556 g/mol. The van der Waals surface area contributed by atoms with E-state index in [0.29, 0.717) is 35.8 Å². The van der Waals surface area contributed by atoms with Crippen LogP contribution in [0.4, 0.5) is 0 Å². The number of rotatable bonds is 14. The highest BCUT2D eigenvalue weighted by Crippen LogP contribution is 2.19. The zero-order valence-corrected chi connectivity index (χ0v) is 22.8. The van der Waals surface area contributed by atoms with Gasteiger partial charge in [0.2, 0.25) is 0 Å². The third kappa shape index (κ3) is 18.6. The van der Waals surface area contributed by atoms with Gasteiger partial charge in [-0.3, -0.25) is 19.9 Å². The lowest BCUT2D eigenvalue weighted by molar-refractivity contribution is 0.279. The van der Waals surface area contributed by atoms with Gasteiger partial charge >= 0.3 is 0 Å². The van der Waals surface area contributed by atoms with Crippen LogP contribution < -0.4 is 20.9 Å². The molecular formula is C23H36N4O10S2. The van der Waals surface area contributed by atoms with Crippen molar-refractivity contribution in [2.45, 2.75) is 19.3 Å². The number of amidine groups is 2. The molecule has 0 saturated heterocycles. The van der Waals surface area contributed by atoms with Crippen LogP contribution in [-0.2, 0) is 20.2 Å². The first-order valence-electron chi connectivity index (χ1n) is 11.5. The Bertz CT molecular complexity index is 1140. The van der Waals surface area contributed by atoms with Crippen molar-refractivity contribution in [3.63, 3.8) is 0 Å². The van der Waals surface area contributed by atoms with Gasteiger partial charge in [-0.05, 0) is 43.5 Å². The first kappa shape index (κ1) is 35.7. The molecule has 0 bridgehead atoms. The Hall–Kier alpha value is -3.28. The van der Waals surface area contributed by atoms with Gasteiger partial charge in [0.25, 0.3) is 20.2 Å². The molecule has 14 nitrogen and oxygen atoms in total. The summed E-state index contributed by atoms with van der Waals surface area (Å²) in [6.07, 6.45) is 2.71. The monoisotopic (exact) mass is 592 g/mol. The number of nitrogen functional groups attached to an aromatic ring is 2. The number of ether oxygens (including phenoxy) is 2. The Kier molecular flexibility index (Phi) is 17.3. The van der Waals surface area contributed by atoms with E-state index in [1.54, 1.807) is 12.1 Å². The minimum absolute atomic E-state index is 0.00753. The highest BCUT2D eigenvalue weighted by molar-refractivity contribution is 7.86. The van der Waals surface area contributed by atoms with E-state index in [0.717, 1.165) is 19.3 Å². The van der Waals surface area contributed by atoms with Crippen molar-refractivity contribution < 1.29 is 45.6 Å². The van der Waals surface area contributed by atoms with Crippen LogP contribution in [0.2, 0.25) is 0 Å². The van der Waals surface area contributed by atoms with Crippen LogP contribution in [-0.4, -0.2) is 85.8 Å². The molecule has 220 valence electrons. The standard InChI is InChI=1S/C19H24N4O2.2C2H6O4S/c20-18(21)14-8-2-4-10-16(14)24-12-6-1-7-13-25-17-11-5-3-9-15(17)19(22)23;2*3-1-2-7(4,5)6/h2-5,8-11H,1,6-7,12-13H2,(H3,20,21)(H3,22,23);2*3H,1-2H2,(H,4,5,6). The first-order chi connectivity index (χ1) is 18.2. The smallest absolute Gasteiger partial charge is 0.267 e. The predicted molar refractivity (Wildman–Crippen MR) is 147 cm³/mol. The van der Waals surface area contributed by atoms with Crippen LogP contribution in [0.1, 0.15) is 30.4 Å². The van der Waals surface area contributed by atoms with E-state index in [-0.39, 0.29) is 11.7 Å². The molecule has 0 aromatic heterocycles. The fourth-order valence-corrected chi connectivity index (χ4v) is 3.07. The number of hydrogen-bond donors (Lipinski definition) is 8. The zero-order valence-electron chi connectivity index (χ0n) is 21.2. The topological polar surface area (TPSA) is 267 Å². The summed E-state index contributed by atoms with van der Waals surface area (Å²) in [5.41, 5.74) is 12.3. The number of nitrogens with one attached hydrogen (secondary N) is 2. The number of nitrogens with two attached hydrogens (primary N) is 2. The average Bonchev–Trinajstić information content (AvgIpc) is 2.83. The summed E-state index contributed by atoms with van der Waals surface area (Å²) in [6.45, 7) is 0.0698. The van der Waals surface area contributed by atoms with Gasteiger partial charge in [-0.1, -0.05) is 24.3 Å². The highest BCUT2D eigenvalue weighted by atomic mass is 32.2. The maximum Gasteiger partial charge on any atom is 0.267 e. The summed E-state index contributed by atoms with van der Waals surface area (Å²) in [5, 5.41) is 30.8. The maximum atomic E-state index is 9.63. The van der Waals surface area contributed by atoms with Crippen molar-refractivity contribution in [3.8, 4) is 11.5 Å². The third-order valence-corrected chi connectivity index (χ3v) is 5.75. The van der Waals surface area contributed by atoms with E-state index in [1.165, 1.54) is 0 Å². The Morgan fingerprint density at radius 1 is 0.667 bits per heavy atom. The molecule has 16 heteroatoms. The Morgan fingerprint density at radius 3 is 1.26 bits per heavy atom. The van der Waals surface area contributed by atoms with Crippen LogP contribution in [0.15, 0.2) is 48.5 Å². The van der Waals surface area contributed by atoms with Gasteiger partial charge in [0.1, 0.15) is 23.2 Å². The van der Waals surface area contributed by atoms with Gasteiger partial charge in [0, 0.05) is 0 Å². The highest BCUT2D eigenvalue weighted by Gasteiger charge is 2.06. The van der Waals surface area contributed by atoms with Crippen LogP contribution in [0, 0.1) is 10.8 Å². The Labute approximate surface area is 228 Å². The fourth-order valence-electron chi connectivity index (χ4n) is 2.61. The molecule has 0 aliphatic heterocycles. The van der Waals surface area contributed by atoms with Gasteiger partial charge in [-0.2, -0.15) is 16.8 Å². The molecule has 0 amide bonds. The van der Waals surface area contributed by atoms with E-state index in [9.17, 15) is 16.8 Å². The summed E-state index contributed by atoms with van der Waals surface area (Å²) < 4.78 is 65.6. The maximum absolute atomic E-state index is 9.63. The SMILES string of the molecule is N=C(N)c1ccccc1OCCCCCOc1ccccc1C(=N)N.O=S(=O)(O)CCO.O=S(=O)(O)CCO. The van der Waals surface area contributed by atoms with E-state index in [2.05, 4.69) is 0 Å². The van der Waals surface area contributed by atoms with Crippen LogP contribution in [0.25, 0.3) is 0 Å². The summed E-state index contributed by atoms with van der Waals surface area (Å²) in [5.74, 6) is 0.143. The fraction of sp³-hybridized carbons (Fsp3) is 0.391. The lowest BCUT2D eigenvalue weighted by atomic mass is 10.2. The number of benzene rings is 2. The molecule has 0 unspecified atom stereocenters. The van der Waals surface area contributed by atoms with Gasteiger partial charge in [0.05, 0.1) is 49.1 Å². The van der Waals surface area contributed by atoms with Crippen molar-refractivity contribution >= 4 is 31.9 Å². The van der Waals surface area contributed by atoms with Gasteiger partial charge < -0.3 is 31.2 Å². The molecule has 10 N–H and O–H groups in total. The Morgan fingerprint density at radius 2 is 1.00 bits per heavy atom. The molecule has 0 radical (unpaired) electrons. The van der Waals surface area contributed by atoms with E-state index in [1.807, 2.05) is 36.4 Å². The van der Waals surface area contributed by atoms with Crippen molar-refractivity contribution in [2.24, 2.45) is 11.5 Å². The van der Waals surface area contributed by atoms with Gasteiger partial charge in [0.15, 0.2) is 0 Å². The van der Waals surface area contributed by atoms with Crippen molar-refractivity contribution in [1.82, 2.24) is 0 Å². The average molecular weight is 593 g/mol. The van der Waals surface area contributed by atoms with E-state index >= 15 is 0 Å². The van der Waals surface area contributed by atoms with Crippen LogP contribution in [0.5, 0.6) is 11.5 Å². The lowest BCUT2D eigenvalue weighted by Crippen LogP contribution is -2.13. The molecule has 2 aromatic carbocycles. The molecule has 2 rings (SSSR count). The molecule has 0 fully saturated rings. The van der Waals surface area contributed by atoms with Gasteiger partial charge in [-0.15, -0.1) is 0 Å². The number of para-hydroxylation sites is 2. The van der Waals surface area contributed by atoms with E-state index in [4.69, 9.17) is 51.1 Å². The molecule has 0 spiro atoms. The second-order valence-electron chi connectivity index (χ2n) is 7.60. The molecule has 0 atom stereocenters. The van der Waals surface area contributed by atoms with Crippen molar-refractivity contribution in [1.29, 1.82) is 10.8 Å². The first-order valence-corrected chi connectivity index (χ1v) is 14.7. The summed E-state index contributed by atoms with van der Waals surface area (Å²) >= 11 is 0. The lowest BCUT2D eigenvalue weighted by Gasteiger charge is -2.11. The second-order valence-corrected chi connectivity index (χ2v) is 10.7. The summed E-state index contributed by atoms with van der Waals surface area (Å²) in [6, 6.07) is 14.6. The second kappa shape index (κ2) is 18.9. The summed E-state index contributed by atoms with van der Waals surface area (Å²) in [4.78, 5) is 0. The normalized spacial score (nSPS) is 10.8. The molecule has 0 aliphatic rings. The molecule has 0 saturated carbocycles. The van der Waals surface area contributed by atoms with Crippen molar-refractivity contribution in [3.05, 3.63) is 59.7 Å². The molecule has 0 heterocycles. The van der Waals surface area contributed by atoms with E-state index < -0.39 is 45.0 Å². The molecule has 2 aromatic rings. The number of hydrogen-bond acceptors (Lipinski definition) is 10. The summed E-state index contributed by atoms with van der Waals surface area (Å²) in [7, 11) is -7.85. The number of unbranched alkanes of at least 4 members (excludes halogenated alkanes) is 2. The molecule has 0 aliphatic carbocycles. The van der Waals surface area contributed by atoms with Crippen LogP contribution >= 0.6 is 0 Å². The Balaban J connectivity index is 0.000000848. The van der Waals surface area contributed by atoms with Crippen molar-refractivity contribution in [2.75, 3.05) is 37.9 Å². The molecule has 39 heavy (non-hydrogen) atoms. The number of aliphatic hydroxyl groups is 2. The minimum atomic E-state index is -3.92. The third-order valence-electron chi connectivity index (χ3n) is 4.36.